The first-order valence-corrected chi connectivity index (χ1v) is 9.04. The molecule has 1 aliphatic heterocycles. The van der Waals surface area contributed by atoms with Crippen LogP contribution >= 0.6 is 27.3 Å². The number of hydrogen-bond acceptors (Lipinski definition) is 3. The smallest absolute Gasteiger partial charge is 0.0731 e. The summed E-state index contributed by atoms with van der Waals surface area (Å²) in [6.07, 6.45) is 5.31. The third-order valence-corrected chi connectivity index (χ3v) is 6.12. The minimum absolute atomic E-state index is 0.628. The highest BCUT2D eigenvalue weighted by Crippen LogP contribution is 2.36. The number of unbranched alkanes of at least 4 members (excludes halogenated alkanes) is 2. The van der Waals surface area contributed by atoms with Crippen LogP contribution in [0.5, 0.6) is 0 Å². The Morgan fingerprint density at radius 1 is 1.37 bits per heavy atom. The Balaban J connectivity index is 2.07. The zero-order valence-corrected chi connectivity index (χ0v) is 14.4. The van der Waals surface area contributed by atoms with E-state index in [1.807, 2.05) is 11.3 Å². The maximum Gasteiger partial charge on any atom is 0.0731 e. The zero-order valence-electron chi connectivity index (χ0n) is 12.0. The summed E-state index contributed by atoms with van der Waals surface area (Å²) in [6.45, 7) is 9.12. The molecule has 0 aliphatic carbocycles. The van der Waals surface area contributed by atoms with Crippen LogP contribution in [0.2, 0.25) is 0 Å². The van der Waals surface area contributed by atoms with E-state index in [0.29, 0.717) is 6.04 Å². The number of halogens is 1. The minimum Gasteiger partial charge on any atom is -0.314 e. The lowest BCUT2D eigenvalue weighted by atomic mass is 10.0. The van der Waals surface area contributed by atoms with Crippen molar-refractivity contribution in [2.24, 2.45) is 0 Å². The van der Waals surface area contributed by atoms with Crippen molar-refractivity contribution in [3.8, 4) is 0 Å². The first kappa shape index (κ1) is 15.5. The summed E-state index contributed by atoms with van der Waals surface area (Å²) in [4.78, 5) is 4.21. The second-order valence-electron chi connectivity index (χ2n) is 5.40. The number of rotatable bonds is 6. The third kappa shape index (κ3) is 4.28. The van der Waals surface area contributed by atoms with Crippen molar-refractivity contribution in [3.63, 3.8) is 0 Å². The van der Waals surface area contributed by atoms with E-state index >= 15 is 0 Å². The van der Waals surface area contributed by atoms with Crippen LogP contribution in [0, 0.1) is 6.92 Å². The van der Waals surface area contributed by atoms with Gasteiger partial charge in [0.1, 0.15) is 0 Å². The van der Waals surface area contributed by atoms with Crippen molar-refractivity contribution in [3.05, 3.63) is 20.3 Å². The predicted molar refractivity (Wildman–Crippen MR) is 88.1 cm³/mol. The van der Waals surface area contributed by atoms with Crippen LogP contribution in [-0.4, -0.2) is 31.1 Å². The van der Waals surface area contributed by atoms with E-state index in [-0.39, 0.29) is 0 Å². The van der Waals surface area contributed by atoms with Gasteiger partial charge in [0.2, 0.25) is 0 Å². The Morgan fingerprint density at radius 3 is 2.68 bits per heavy atom. The van der Waals surface area contributed by atoms with Gasteiger partial charge in [-0.3, -0.25) is 4.90 Å². The van der Waals surface area contributed by atoms with Gasteiger partial charge in [-0.15, -0.1) is 11.3 Å². The summed E-state index contributed by atoms with van der Waals surface area (Å²) >= 11 is 5.61. The van der Waals surface area contributed by atoms with Gasteiger partial charge in [-0.1, -0.05) is 26.2 Å². The van der Waals surface area contributed by atoms with E-state index in [2.05, 4.69) is 46.1 Å². The quantitative estimate of drug-likeness (QED) is 0.772. The molecule has 0 radical (unpaired) electrons. The van der Waals surface area contributed by atoms with Gasteiger partial charge in [0.05, 0.1) is 3.79 Å². The largest absolute Gasteiger partial charge is 0.314 e. The van der Waals surface area contributed by atoms with Gasteiger partial charge in [-0.2, -0.15) is 0 Å². The normalized spacial score (nSPS) is 18.7. The molecule has 2 rings (SSSR count). The summed E-state index contributed by atoms with van der Waals surface area (Å²) in [5.74, 6) is 0. The van der Waals surface area contributed by atoms with Crippen LogP contribution in [0.4, 0.5) is 0 Å². The van der Waals surface area contributed by atoms with Crippen LogP contribution in [0.3, 0.4) is 0 Å². The van der Waals surface area contributed by atoms with Gasteiger partial charge < -0.3 is 5.32 Å². The second-order valence-corrected chi connectivity index (χ2v) is 7.80. The standard InChI is InChI=1S/C15H25BrN2S/c1-3-4-5-6-13(18-9-7-17-8-10-18)14-11-12(2)15(16)19-14/h11,13,17H,3-10H2,1-2H3/t13-/m0/s1. The average Bonchev–Trinajstić information content (AvgIpc) is 2.75. The van der Waals surface area contributed by atoms with Gasteiger partial charge in [0, 0.05) is 37.1 Å². The first-order chi connectivity index (χ1) is 9.22. The Labute approximate surface area is 129 Å². The van der Waals surface area contributed by atoms with Gasteiger partial charge in [0.15, 0.2) is 0 Å². The van der Waals surface area contributed by atoms with Crippen LogP contribution in [0.15, 0.2) is 9.85 Å². The highest BCUT2D eigenvalue weighted by molar-refractivity contribution is 9.11. The van der Waals surface area contributed by atoms with E-state index < -0.39 is 0 Å². The lowest BCUT2D eigenvalue weighted by Gasteiger charge is -2.34. The Bertz CT molecular complexity index is 366. The molecule has 1 aliphatic rings. The fourth-order valence-corrected chi connectivity index (χ4v) is 4.47. The molecule has 0 saturated carbocycles. The summed E-state index contributed by atoms with van der Waals surface area (Å²) in [7, 11) is 0. The molecule has 4 heteroatoms. The van der Waals surface area contributed by atoms with E-state index in [1.165, 1.54) is 48.1 Å². The van der Waals surface area contributed by atoms with Crippen molar-refractivity contribution in [2.75, 3.05) is 26.2 Å². The lowest BCUT2D eigenvalue weighted by Crippen LogP contribution is -2.45. The van der Waals surface area contributed by atoms with E-state index in [9.17, 15) is 0 Å². The Kier molecular flexibility index (Phi) is 6.33. The molecule has 1 aromatic heterocycles. The fourth-order valence-electron chi connectivity index (χ4n) is 2.73. The molecular formula is C15H25BrN2S. The molecule has 108 valence electrons. The van der Waals surface area contributed by atoms with Crippen LogP contribution in [-0.2, 0) is 0 Å². The average molecular weight is 345 g/mol. The maximum absolute atomic E-state index is 3.68. The van der Waals surface area contributed by atoms with E-state index in [0.717, 1.165) is 13.1 Å². The Hall–Kier alpha value is 0.1000. The SMILES string of the molecule is CCCCC[C@@H](c1cc(C)c(Br)s1)N1CCNCC1. The van der Waals surface area contributed by atoms with Crippen LogP contribution < -0.4 is 5.32 Å². The summed E-state index contributed by atoms with van der Waals surface area (Å²) in [5, 5.41) is 3.46. The molecule has 1 aromatic rings. The van der Waals surface area contributed by atoms with Crippen molar-refractivity contribution >= 4 is 27.3 Å². The monoisotopic (exact) mass is 344 g/mol. The van der Waals surface area contributed by atoms with E-state index in [1.54, 1.807) is 4.88 Å². The molecule has 0 amide bonds. The van der Waals surface area contributed by atoms with Crippen LogP contribution in [0.25, 0.3) is 0 Å². The maximum atomic E-state index is 3.68. The molecule has 1 N–H and O–H groups in total. The van der Waals surface area contributed by atoms with E-state index in [4.69, 9.17) is 0 Å². The molecule has 1 atom stereocenters. The number of nitrogens with zero attached hydrogens (tertiary/aromatic N) is 1. The Morgan fingerprint density at radius 2 is 2.11 bits per heavy atom. The molecule has 2 heterocycles. The molecule has 1 fully saturated rings. The number of piperazine rings is 1. The van der Waals surface area contributed by atoms with Crippen molar-refractivity contribution in [1.82, 2.24) is 10.2 Å². The lowest BCUT2D eigenvalue weighted by molar-refractivity contribution is 0.165. The number of aryl methyl sites for hydroxylation is 1. The van der Waals surface area contributed by atoms with Gasteiger partial charge in [0.25, 0.3) is 0 Å². The number of nitrogens with one attached hydrogen (secondary N) is 1. The van der Waals surface area contributed by atoms with Crippen LogP contribution in [0.1, 0.15) is 49.1 Å². The third-order valence-electron chi connectivity index (χ3n) is 3.88. The van der Waals surface area contributed by atoms with Gasteiger partial charge in [-0.05, 0) is 40.9 Å². The predicted octanol–water partition coefficient (Wildman–Crippen LogP) is 4.35. The first-order valence-electron chi connectivity index (χ1n) is 7.43. The van der Waals surface area contributed by atoms with Crippen molar-refractivity contribution in [2.45, 2.75) is 45.6 Å². The topological polar surface area (TPSA) is 15.3 Å². The number of thiophene rings is 1. The fraction of sp³-hybridized carbons (Fsp3) is 0.733. The highest BCUT2D eigenvalue weighted by atomic mass is 79.9. The molecule has 0 bridgehead atoms. The number of hydrogen-bond donors (Lipinski definition) is 1. The molecule has 19 heavy (non-hydrogen) atoms. The summed E-state index contributed by atoms with van der Waals surface area (Å²) in [6, 6.07) is 3.01. The molecule has 1 saturated heterocycles. The molecule has 0 aromatic carbocycles. The van der Waals surface area contributed by atoms with Crippen molar-refractivity contribution < 1.29 is 0 Å². The summed E-state index contributed by atoms with van der Waals surface area (Å²) < 4.78 is 1.30. The molecular weight excluding hydrogens is 320 g/mol. The minimum atomic E-state index is 0.628. The summed E-state index contributed by atoms with van der Waals surface area (Å²) in [5.41, 5.74) is 1.38. The molecule has 2 nitrogen and oxygen atoms in total. The van der Waals surface area contributed by atoms with Gasteiger partial charge in [-0.25, -0.2) is 0 Å². The molecule has 0 unspecified atom stereocenters. The van der Waals surface area contributed by atoms with Gasteiger partial charge >= 0.3 is 0 Å². The highest BCUT2D eigenvalue weighted by Gasteiger charge is 2.23. The second kappa shape index (κ2) is 7.77. The zero-order chi connectivity index (χ0) is 13.7. The molecule has 0 spiro atoms. The van der Waals surface area contributed by atoms with Crippen molar-refractivity contribution in [1.29, 1.82) is 0 Å².